The fourth-order valence-electron chi connectivity index (χ4n) is 4.81. The number of nitro groups is 1. The molecule has 13 nitrogen and oxygen atoms in total. The van der Waals surface area contributed by atoms with Gasteiger partial charge in [0.25, 0.3) is 5.91 Å². The number of halogens is 1. The van der Waals surface area contributed by atoms with Crippen molar-refractivity contribution in [3.05, 3.63) is 129 Å². The van der Waals surface area contributed by atoms with Crippen molar-refractivity contribution in [1.29, 1.82) is 0 Å². The van der Waals surface area contributed by atoms with E-state index in [-0.39, 0.29) is 36.0 Å². The molecule has 5 rings (SSSR count). The first-order valence-corrected chi connectivity index (χ1v) is 15.4. The Kier molecular flexibility index (Phi) is 11.0. The van der Waals surface area contributed by atoms with Crippen LogP contribution < -0.4 is 25.0 Å². The Balaban J connectivity index is 1.18. The summed E-state index contributed by atoms with van der Waals surface area (Å²) in [6, 6.07) is 23.9. The van der Waals surface area contributed by atoms with E-state index in [1.807, 2.05) is 38.1 Å². The summed E-state index contributed by atoms with van der Waals surface area (Å²) in [5.41, 5.74) is 5.87. The van der Waals surface area contributed by atoms with Gasteiger partial charge in [-0.05, 0) is 99.6 Å². The van der Waals surface area contributed by atoms with Crippen LogP contribution in [0.15, 0.2) is 94.4 Å². The lowest BCUT2D eigenvalue weighted by atomic mass is 10.2. The van der Waals surface area contributed by atoms with Gasteiger partial charge in [0.2, 0.25) is 5.75 Å². The quantitative estimate of drug-likeness (QED) is 0.0717. The van der Waals surface area contributed by atoms with E-state index in [1.54, 1.807) is 37.3 Å². The number of nitrogens with one attached hydrogen (secondary N) is 2. The fourth-order valence-corrected chi connectivity index (χ4v) is 4.94. The van der Waals surface area contributed by atoms with Crippen molar-refractivity contribution in [2.75, 3.05) is 18.5 Å². The third-order valence-corrected chi connectivity index (χ3v) is 7.29. The number of anilines is 1. The molecule has 49 heavy (non-hydrogen) atoms. The number of hydrogen-bond donors (Lipinski definition) is 2. The van der Waals surface area contributed by atoms with Gasteiger partial charge >= 0.3 is 11.6 Å². The maximum absolute atomic E-state index is 12.7. The highest BCUT2D eigenvalue weighted by Crippen LogP contribution is 2.38. The molecule has 252 valence electrons. The number of hydrogen-bond acceptors (Lipinski definition) is 9. The van der Waals surface area contributed by atoms with Gasteiger partial charge in [-0.2, -0.15) is 5.10 Å². The second-order valence-electron chi connectivity index (χ2n) is 10.6. The van der Waals surface area contributed by atoms with Gasteiger partial charge in [0.15, 0.2) is 18.1 Å². The van der Waals surface area contributed by atoms with Gasteiger partial charge in [-0.1, -0.05) is 11.6 Å². The maximum Gasteiger partial charge on any atom is 0.315 e. The van der Waals surface area contributed by atoms with E-state index < -0.39 is 29.0 Å². The van der Waals surface area contributed by atoms with Crippen molar-refractivity contribution in [3.63, 3.8) is 0 Å². The van der Waals surface area contributed by atoms with Crippen LogP contribution in [-0.4, -0.2) is 40.7 Å². The molecule has 0 spiro atoms. The molecule has 0 fully saturated rings. The Morgan fingerprint density at radius 2 is 1.67 bits per heavy atom. The smallest absolute Gasteiger partial charge is 0.315 e. The van der Waals surface area contributed by atoms with E-state index in [0.717, 1.165) is 17.1 Å². The van der Waals surface area contributed by atoms with Crippen LogP contribution in [0.4, 0.5) is 11.4 Å². The molecule has 0 atom stereocenters. The van der Waals surface area contributed by atoms with Crippen LogP contribution in [0.2, 0.25) is 5.02 Å². The summed E-state index contributed by atoms with van der Waals surface area (Å²) in [5, 5.41) is 18.9. The minimum atomic E-state index is -0.671. The minimum absolute atomic E-state index is 0.00809. The van der Waals surface area contributed by atoms with Crippen molar-refractivity contribution in [3.8, 4) is 22.9 Å². The summed E-state index contributed by atoms with van der Waals surface area (Å²) in [5.74, 6) is -0.356. The van der Waals surface area contributed by atoms with Crippen LogP contribution in [0.25, 0.3) is 5.69 Å². The molecular weight excluding hydrogens is 654 g/mol. The van der Waals surface area contributed by atoms with E-state index in [2.05, 4.69) is 32.5 Å². The van der Waals surface area contributed by atoms with Crippen molar-refractivity contribution >= 4 is 41.0 Å². The molecule has 2 heterocycles. The van der Waals surface area contributed by atoms with Crippen LogP contribution >= 0.6 is 11.6 Å². The third kappa shape index (κ3) is 8.84. The first-order valence-electron chi connectivity index (χ1n) is 15.0. The summed E-state index contributed by atoms with van der Waals surface area (Å²) < 4.78 is 24.7. The maximum atomic E-state index is 12.7. The standard InChI is InChI=1S/C35H32ClN5O8/c1-4-46-32-18-24(17-30(41(44)45)34(32)48-21-33(42)38-26-9-7-25(36)8-10-26)19-37-39-35(43)31-16-15-29(49-31)20-47-28-13-11-27(12-14-28)40-22(2)5-6-23(40)3/h5-19H,4,20-21H2,1-3H3,(H,38,42)(H,39,43)/b37-19+. The molecule has 0 bridgehead atoms. The molecule has 0 saturated heterocycles. The van der Waals surface area contributed by atoms with E-state index in [0.29, 0.717) is 22.2 Å². The number of carbonyl (C=O) groups is 2. The summed E-state index contributed by atoms with van der Waals surface area (Å²) in [4.78, 5) is 36.3. The van der Waals surface area contributed by atoms with Gasteiger partial charge in [-0.25, -0.2) is 5.43 Å². The predicted molar refractivity (Wildman–Crippen MR) is 183 cm³/mol. The van der Waals surface area contributed by atoms with Crippen molar-refractivity contribution in [2.45, 2.75) is 27.4 Å². The topological polar surface area (TPSA) is 159 Å². The number of hydrazone groups is 1. The number of carbonyl (C=O) groups excluding carboxylic acids is 2. The second kappa shape index (κ2) is 15.7. The Morgan fingerprint density at radius 1 is 0.959 bits per heavy atom. The third-order valence-electron chi connectivity index (χ3n) is 7.04. The van der Waals surface area contributed by atoms with E-state index in [4.69, 9.17) is 30.2 Å². The monoisotopic (exact) mass is 685 g/mol. The largest absolute Gasteiger partial charge is 0.490 e. The fraction of sp³-hybridized carbons (Fsp3) is 0.171. The summed E-state index contributed by atoms with van der Waals surface area (Å²) >= 11 is 5.87. The average Bonchev–Trinajstić information content (AvgIpc) is 3.70. The van der Waals surface area contributed by atoms with Gasteiger partial charge in [0.1, 0.15) is 18.1 Å². The summed E-state index contributed by atoms with van der Waals surface area (Å²) in [7, 11) is 0. The predicted octanol–water partition coefficient (Wildman–Crippen LogP) is 7.01. The van der Waals surface area contributed by atoms with Crippen molar-refractivity contribution in [1.82, 2.24) is 9.99 Å². The minimum Gasteiger partial charge on any atom is -0.490 e. The molecule has 0 aliphatic rings. The van der Waals surface area contributed by atoms with Crippen LogP contribution in [-0.2, 0) is 11.4 Å². The molecule has 0 aliphatic carbocycles. The zero-order valence-corrected chi connectivity index (χ0v) is 27.5. The highest BCUT2D eigenvalue weighted by Gasteiger charge is 2.23. The zero-order valence-electron chi connectivity index (χ0n) is 26.8. The van der Waals surface area contributed by atoms with Gasteiger partial charge in [0, 0.05) is 39.4 Å². The molecule has 5 aromatic rings. The molecule has 3 aromatic carbocycles. The first kappa shape index (κ1) is 34.3. The average molecular weight is 686 g/mol. The van der Waals surface area contributed by atoms with E-state index in [1.165, 1.54) is 24.4 Å². The summed E-state index contributed by atoms with van der Waals surface area (Å²) in [6.45, 7) is 5.50. The Hall–Kier alpha value is -6.08. The van der Waals surface area contributed by atoms with Crippen LogP contribution in [0.5, 0.6) is 17.2 Å². The van der Waals surface area contributed by atoms with Crippen LogP contribution in [0, 0.1) is 24.0 Å². The molecule has 0 saturated carbocycles. The lowest BCUT2D eigenvalue weighted by Crippen LogP contribution is -2.20. The van der Waals surface area contributed by atoms with Gasteiger partial charge < -0.3 is 28.5 Å². The van der Waals surface area contributed by atoms with Crippen molar-refractivity contribution in [2.24, 2.45) is 5.10 Å². The van der Waals surface area contributed by atoms with E-state index in [9.17, 15) is 19.7 Å². The molecule has 2 N–H and O–H groups in total. The molecular formula is C35H32ClN5O8. The van der Waals surface area contributed by atoms with Gasteiger partial charge in [0.05, 0.1) is 17.7 Å². The lowest BCUT2D eigenvalue weighted by molar-refractivity contribution is -0.385. The molecule has 0 radical (unpaired) electrons. The number of benzene rings is 3. The number of nitrogens with zero attached hydrogens (tertiary/aromatic N) is 3. The first-order chi connectivity index (χ1) is 23.6. The molecule has 0 unspecified atom stereocenters. The number of aromatic nitrogens is 1. The Morgan fingerprint density at radius 3 is 2.35 bits per heavy atom. The Bertz CT molecular complexity index is 1960. The number of amides is 2. The highest BCUT2D eigenvalue weighted by atomic mass is 35.5. The van der Waals surface area contributed by atoms with Gasteiger partial charge in [-0.3, -0.25) is 19.7 Å². The highest BCUT2D eigenvalue weighted by molar-refractivity contribution is 6.30. The second-order valence-corrected chi connectivity index (χ2v) is 11.0. The number of furan rings is 1. The Labute approximate surface area is 286 Å². The number of nitro benzene ring substituents is 1. The van der Waals surface area contributed by atoms with Gasteiger partial charge in [-0.15, -0.1) is 0 Å². The molecule has 2 amide bonds. The zero-order chi connectivity index (χ0) is 34.9. The van der Waals surface area contributed by atoms with Crippen LogP contribution in [0.3, 0.4) is 0 Å². The lowest BCUT2D eigenvalue weighted by Gasteiger charge is -2.13. The summed E-state index contributed by atoms with van der Waals surface area (Å²) in [6.07, 6.45) is 1.21. The normalized spacial score (nSPS) is 10.9. The SMILES string of the molecule is CCOc1cc(/C=N/NC(=O)c2ccc(COc3ccc(-n4c(C)ccc4C)cc3)o2)cc([N+](=O)[O-])c1OCC(=O)Nc1ccc(Cl)cc1. The van der Waals surface area contributed by atoms with E-state index >= 15 is 0 Å². The molecule has 0 aliphatic heterocycles. The van der Waals surface area contributed by atoms with Crippen LogP contribution in [0.1, 0.15) is 40.2 Å². The number of ether oxygens (including phenoxy) is 3. The number of rotatable bonds is 14. The van der Waals surface area contributed by atoms with Crippen molar-refractivity contribution < 1.29 is 33.1 Å². The molecule has 14 heteroatoms. The number of aryl methyl sites for hydroxylation is 2. The molecule has 2 aromatic heterocycles.